The number of nitrogens with zero attached hydrogens (tertiary/aromatic N) is 1. The first kappa shape index (κ1) is 12.9. The van der Waals surface area contributed by atoms with Gasteiger partial charge in [-0.1, -0.05) is 6.07 Å². The average Bonchev–Trinajstić information content (AvgIpc) is 2.46. The maximum absolute atomic E-state index is 11.5. The maximum atomic E-state index is 11.5. The first-order valence-electron chi connectivity index (χ1n) is 5.99. The fraction of sp³-hybridized carbons (Fsp3) is 0.462. The van der Waals surface area contributed by atoms with Crippen LogP contribution in [0, 0.1) is 0 Å². The normalized spacial score (nSPS) is 19.7. The van der Waals surface area contributed by atoms with Crippen LogP contribution in [0.4, 0.5) is 5.69 Å². The summed E-state index contributed by atoms with van der Waals surface area (Å²) in [6, 6.07) is 7.42. The molecule has 0 amide bonds. The van der Waals surface area contributed by atoms with Gasteiger partial charge < -0.3 is 20.1 Å². The molecule has 1 aromatic rings. The Morgan fingerprint density at radius 2 is 2.44 bits per heavy atom. The van der Waals surface area contributed by atoms with Crippen molar-refractivity contribution in [2.75, 3.05) is 38.3 Å². The van der Waals surface area contributed by atoms with Crippen LogP contribution in [0.5, 0.6) is 0 Å². The summed E-state index contributed by atoms with van der Waals surface area (Å²) in [7, 11) is 1.38. The lowest BCUT2D eigenvalue weighted by atomic mass is 10.1. The molecule has 5 heteroatoms. The molecule has 0 bridgehead atoms. The Balaban J connectivity index is 2.15. The summed E-state index contributed by atoms with van der Waals surface area (Å²) in [5.74, 6) is -0.319. The monoisotopic (exact) mass is 250 g/mol. The minimum absolute atomic E-state index is 0.0560. The van der Waals surface area contributed by atoms with Crippen LogP contribution in [0.2, 0.25) is 0 Å². The smallest absolute Gasteiger partial charge is 0.337 e. The van der Waals surface area contributed by atoms with Crippen molar-refractivity contribution < 1.29 is 14.3 Å². The SMILES string of the molecule is COC(=O)c1cccc(N2CCOC(CN)C2)c1. The Bertz CT molecular complexity index is 422. The van der Waals surface area contributed by atoms with Gasteiger partial charge in [-0.3, -0.25) is 0 Å². The number of hydrogen-bond acceptors (Lipinski definition) is 5. The molecular formula is C13H18N2O3. The van der Waals surface area contributed by atoms with E-state index in [1.807, 2.05) is 18.2 Å². The Morgan fingerprint density at radius 3 is 3.17 bits per heavy atom. The minimum atomic E-state index is -0.319. The summed E-state index contributed by atoms with van der Waals surface area (Å²) in [6.45, 7) is 2.72. The van der Waals surface area contributed by atoms with Crippen LogP contribution in [0.15, 0.2) is 24.3 Å². The highest BCUT2D eigenvalue weighted by Crippen LogP contribution is 2.19. The van der Waals surface area contributed by atoms with Gasteiger partial charge in [0.25, 0.3) is 0 Å². The van der Waals surface area contributed by atoms with E-state index in [2.05, 4.69) is 4.90 Å². The zero-order chi connectivity index (χ0) is 13.0. The summed E-state index contributed by atoms with van der Waals surface area (Å²) in [5.41, 5.74) is 7.18. The van der Waals surface area contributed by atoms with E-state index in [9.17, 15) is 4.79 Å². The lowest BCUT2D eigenvalue weighted by Crippen LogP contribution is -2.45. The summed E-state index contributed by atoms with van der Waals surface area (Å²) in [6.07, 6.45) is 0.0560. The number of esters is 1. The summed E-state index contributed by atoms with van der Waals surface area (Å²) in [5, 5.41) is 0. The Hall–Kier alpha value is -1.59. The highest BCUT2D eigenvalue weighted by molar-refractivity contribution is 5.90. The van der Waals surface area contributed by atoms with Crippen molar-refractivity contribution in [1.29, 1.82) is 0 Å². The zero-order valence-corrected chi connectivity index (χ0v) is 10.5. The molecule has 0 spiro atoms. The molecule has 1 saturated heterocycles. The molecule has 1 atom stereocenters. The highest BCUT2D eigenvalue weighted by Gasteiger charge is 2.20. The lowest BCUT2D eigenvalue weighted by Gasteiger charge is -2.34. The summed E-state index contributed by atoms with van der Waals surface area (Å²) in [4.78, 5) is 13.7. The third-order valence-electron chi connectivity index (χ3n) is 3.03. The fourth-order valence-electron chi connectivity index (χ4n) is 2.04. The molecule has 0 radical (unpaired) electrons. The van der Waals surface area contributed by atoms with Crippen molar-refractivity contribution in [3.63, 3.8) is 0 Å². The molecule has 0 saturated carbocycles. The second-order valence-electron chi connectivity index (χ2n) is 4.22. The van der Waals surface area contributed by atoms with Crippen LogP contribution in [0.3, 0.4) is 0 Å². The topological polar surface area (TPSA) is 64.8 Å². The third-order valence-corrected chi connectivity index (χ3v) is 3.03. The first-order chi connectivity index (χ1) is 8.74. The van der Waals surface area contributed by atoms with Crippen molar-refractivity contribution in [1.82, 2.24) is 0 Å². The van der Waals surface area contributed by atoms with Crippen LogP contribution < -0.4 is 10.6 Å². The molecule has 1 aliphatic heterocycles. The van der Waals surface area contributed by atoms with Crippen LogP contribution in [-0.4, -0.2) is 45.4 Å². The number of carbonyl (C=O) groups is 1. The van der Waals surface area contributed by atoms with Crippen molar-refractivity contribution in [3.05, 3.63) is 29.8 Å². The molecule has 2 N–H and O–H groups in total. The van der Waals surface area contributed by atoms with E-state index < -0.39 is 0 Å². The number of morpholine rings is 1. The second kappa shape index (κ2) is 5.84. The Morgan fingerprint density at radius 1 is 1.61 bits per heavy atom. The number of anilines is 1. The predicted octanol–water partition coefficient (Wildman–Crippen LogP) is 0.637. The van der Waals surface area contributed by atoms with Gasteiger partial charge in [0.2, 0.25) is 0 Å². The van der Waals surface area contributed by atoms with Gasteiger partial charge >= 0.3 is 5.97 Å². The minimum Gasteiger partial charge on any atom is -0.465 e. The molecule has 18 heavy (non-hydrogen) atoms. The van der Waals surface area contributed by atoms with Crippen LogP contribution in [0.1, 0.15) is 10.4 Å². The first-order valence-corrected chi connectivity index (χ1v) is 5.99. The third kappa shape index (κ3) is 2.80. The summed E-state index contributed by atoms with van der Waals surface area (Å²) < 4.78 is 10.2. The number of hydrogen-bond donors (Lipinski definition) is 1. The van der Waals surface area contributed by atoms with Crippen LogP contribution in [-0.2, 0) is 9.47 Å². The molecule has 5 nitrogen and oxygen atoms in total. The van der Waals surface area contributed by atoms with Gasteiger partial charge in [-0.25, -0.2) is 4.79 Å². The van der Waals surface area contributed by atoms with Crippen LogP contribution >= 0.6 is 0 Å². The van der Waals surface area contributed by atoms with Gasteiger partial charge in [-0.2, -0.15) is 0 Å². The van der Waals surface area contributed by atoms with Gasteiger partial charge in [-0.15, -0.1) is 0 Å². The number of benzene rings is 1. The molecule has 1 aliphatic rings. The molecular weight excluding hydrogens is 232 g/mol. The van der Waals surface area contributed by atoms with Gasteiger partial charge in [0.1, 0.15) is 0 Å². The Labute approximate surface area is 106 Å². The van der Waals surface area contributed by atoms with E-state index in [1.54, 1.807) is 6.07 Å². The average molecular weight is 250 g/mol. The van der Waals surface area contributed by atoms with Crippen molar-refractivity contribution in [2.24, 2.45) is 5.73 Å². The second-order valence-corrected chi connectivity index (χ2v) is 4.22. The quantitative estimate of drug-likeness (QED) is 0.797. The van der Waals surface area contributed by atoms with Crippen LogP contribution in [0.25, 0.3) is 0 Å². The van der Waals surface area contributed by atoms with Gasteiger partial charge in [0.15, 0.2) is 0 Å². The lowest BCUT2D eigenvalue weighted by molar-refractivity contribution is 0.0465. The standard InChI is InChI=1S/C13H18N2O3/c1-17-13(16)10-3-2-4-11(7-10)15-5-6-18-12(8-14)9-15/h2-4,7,12H,5-6,8-9,14H2,1H3. The highest BCUT2D eigenvalue weighted by atomic mass is 16.5. The number of nitrogens with two attached hydrogens (primary N) is 1. The number of methoxy groups -OCH3 is 1. The molecule has 1 unspecified atom stereocenters. The number of carbonyl (C=O) groups excluding carboxylic acids is 1. The van der Waals surface area contributed by atoms with E-state index in [0.29, 0.717) is 18.7 Å². The molecule has 2 rings (SSSR count). The largest absolute Gasteiger partial charge is 0.465 e. The van der Waals surface area contributed by atoms with E-state index in [4.69, 9.17) is 15.2 Å². The van der Waals surface area contributed by atoms with Crippen molar-refractivity contribution in [3.8, 4) is 0 Å². The molecule has 1 heterocycles. The molecule has 1 fully saturated rings. The van der Waals surface area contributed by atoms with Crippen molar-refractivity contribution in [2.45, 2.75) is 6.10 Å². The molecule has 98 valence electrons. The maximum Gasteiger partial charge on any atom is 0.337 e. The van der Waals surface area contributed by atoms with E-state index in [1.165, 1.54) is 7.11 Å². The Kier molecular flexibility index (Phi) is 4.17. The van der Waals surface area contributed by atoms with E-state index >= 15 is 0 Å². The fourth-order valence-corrected chi connectivity index (χ4v) is 2.04. The predicted molar refractivity (Wildman–Crippen MR) is 68.8 cm³/mol. The number of rotatable bonds is 3. The van der Waals surface area contributed by atoms with Gasteiger partial charge in [-0.05, 0) is 18.2 Å². The zero-order valence-electron chi connectivity index (χ0n) is 10.5. The van der Waals surface area contributed by atoms with Crippen molar-refractivity contribution >= 4 is 11.7 Å². The van der Waals surface area contributed by atoms with E-state index in [-0.39, 0.29) is 12.1 Å². The molecule has 1 aromatic carbocycles. The summed E-state index contributed by atoms with van der Waals surface area (Å²) >= 11 is 0. The number of ether oxygens (including phenoxy) is 2. The van der Waals surface area contributed by atoms with E-state index in [0.717, 1.165) is 18.8 Å². The molecule has 0 aliphatic carbocycles. The van der Waals surface area contributed by atoms with Gasteiger partial charge in [0.05, 0.1) is 25.4 Å². The molecule has 0 aromatic heterocycles. The van der Waals surface area contributed by atoms with Gasteiger partial charge in [0, 0.05) is 25.3 Å².